The van der Waals surface area contributed by atoms with Gasteiger partial charge >= 0.3 is 0 Å². The Kier molecular flexibility index (Phi) is 2.45. The van der Waals surface area contributed by atoms with E-state index in [-0.39, 0.29) is 12.2 Å². The first-order valence-electron chi connectivity index (χ1n) is 4.11. The van der Waals surface area contributed by atoms with Crippen molar-refractivity contribution in [1.29, 1.82) is 0 Å². The lowest BCUT2D eigenvalue weighted by Crippen LogP contribution is -2.22. The van der Waals surface area contributed by atoms with Gasteiger partial charge in [0.25, 0.3) is 0 Å². The molecule has 0 spiro atoms. The molecule has 12 heavy (non-hydrogen) atoms. The van der Waals surface area contributed by atoms with Crippen LogP contribution in [0.3, 0.4) is 0 Å². The number of rotatable bonds is 2. The minimum absolute atomic E-state index is 0.0923. The van der Waals surface area contributed by atoms with E-state index in [1.807, 2.05) is 0 Å². The zero-order valence-corrected chi connectivity index (χ0v) is 7.59. The second-order valence-electron chi connectivity index (χ2n) is 3.38. The summed E-state index contributed by atoms with van der Waals surface area (Å²) in [6.07, 6.45) is 1.28. The molecule has 70 valence electrons. The molecule has 2 saturated heterocycles. The zero-order valence-electron chi connectivity index (χ0n) is 6.77. The molecule has 2 rings (SSSR count). The molecule has 5 heteroatoms. The number of nitrogens with two attached hydrogens (primary N) is 1. The SMILES string of the molecule is NS(=O)C[C@H]1C[C@@H]2COC[C@H]2O1. The summed E-state index contributed by atoms with van der Waals surface area (Å²) in [5, 5.41) is 5.18. The van der Waals surface area contributed by atoms with Gasteiger partial charge in [-0.15, -0.1) is 0 Å². The van der Waals surface area contributed by atoms with Gasteiger partial charge in [-0.25, -0.2) is 4.21 Å². The van der Waals surface area contributed by atoms with Crippen molar-refractivity contribution in [2.45, 2.75) is 18.6 Å². The van der Waals surface area contributed by atoms with Crippen molar-refractivity contribution in [3.05, 3.63) is 0 Å². The van der Waals surface area contributed by atoms with Gasteiger partial charge in [-0.3, -0.25) is 5.14 Å². The van der Waals surface area contributed by atoms with Crippen LogP contribution in [0.25, 0.3) is 0 Å². The fraction of sp³-hybridized carbons (Fsp3) is 1.00. The molecule has 0 aromatic carbocycles. The topological polar surface area (TPSA) is 61.6 Å². The van der Waals surface area contributed by atoms with Crippen molar-refractivity contribution in [1.82, 2.24) is 0 Å². The van der Waals surface area contributed by atoms with Crippen molar-refractivity contribution in [3.8, 4) is 0 Å². The van der Waals surface area contributed by atoms with Crippen molar-refractivity contribution >= 4 is 11.0 Å². The third-order valence-electron chi connectivity index (χ3n) is 2.42. The molecule has 0 aliphatic carbocycles. The van der Waals surface area contributed by atoms with Crippen LogP contribution in [0.4, 0.5) is 0 Å². The Balaban J connectivity index is 1.86. The molecule has 2 N–H and O–H groups in total. The number of hydrogen-bond donors (Lipinski definition) is 1. The summed E-state index contributed by atoms with van der Waals surface area (Å²) in [5.74, 6) is 0.978. The van der Waals surface area contributed by atoms with E-state index in [1.165, 1.54) is 0 Å². The van der Waals surface area contributed by atoms with Crippen LogP contribution in [0.5, 0.6) is 0 Å². The summed E-state index contributed by atoms with van der Waals surface area (Å²) < 4.78 is 21.5. The average Bonchev–Trinajstić information content (AvgIpc) is 2.43. The van der Waals surface area contributed by atoms with Gasteiger partial charge in [-0.05, 0) is 6.42 Å². The molecule has 2 heterocycles. The normalized spacial score (nSPS) is 42.9. The minimum Gasteiger partial charge on any atom is -0.378 e. The van der Waals surface area contributed by atoms with Crippen LogP contribution in [-0.4, -0.2) is 35.4 Å². The highest BCUT2D eigenvalue weighted by Crippen LogP contribution is 2.31. The standard InChI is InChI=1S/C7H13NO3S/c8-12(9)4-6-1-5-2-10-3-7(5)11-6/h5-7H,1-4,8H2/t5-,6-,7-,12?/m1/s1. The quantitative estimate of drug-likeness (QED) is 0.634. The van der Waals surface area contributed by atoms with Crippen molar-refractivity contribution < 1.29 is 13.7 Å². The van der Waals surface area contributed by atoms with E-state index in [0.717, 1.165) is 13.0 Å². The molecule has 0 radical (unpaired) electrons. The molecule has 0 aromatic rings. The fourth-order valence-corrected chi connectivity index (χ4v) is 2.46. The third kappa shape index (κ3) is 1.69. The first-order chi connectivity index (χ1) is 5.75. The Hall–Kier alpha value is 0.0300. The molecule has 2 aliphatic rings. The van der Waals surface area contributed by atoms with E-state index < -0.39 is 11.0 Å². The molecule has 2 fully saturated rings. The van der Waals surface area contributed by atoms with Crippen LogP contribution in [-0.2, 0) is 20.5 Å². The van der Waals surface area contributed by atoms with Gasteiger partial charge in [0.05, 0.1) is 42.2 Å². The van der Waals surface area contributed by atoms with Crippen molar-refractivity contribution in [3.63, 3.8) is 0 Å². The highest BCUT2D eigenvalue weighted by atomic mass is 32.2. The summed E-state index contributed by atoms with van der Waals surface area (Å²) in [7, 11) is -1.23. The van der Waals surface area contributed by atoms with Gasteiger partial charge in [0.2, 0.25) is 0 Å². The van der Waals surface area contributed by atoms with Gasteiger partial charge in [-0.2, -0.15) is 0 Å². The van der Waals surface area contributed by atoms with E-state index >= 15 is 0 Å². The molecule has 0 aromatic heterocycles. The Bertz CT molecular complexity index is 187. The van der Waals surface area contributed by atoms with E-state index in [4.69, 9.17) is 14.6 Å². The second-order valence-corrected chi connectivity index (χ2v) is 4.47. The lowest BCUT2D eigenvalue weighted by Gasteiger charge is -2.09. The number of hydrogen-bond acceptors (Lipinski definition) is 3. The average molecular weight is 191 g/mol. The molecular formula is C7H13NO3S. The Morgan fingerprint density at radius 3 is 3.00 bits per heavy atom. The van der Waals surface area contributed by atoms with E-state index in [0.29, 0.717) is 18.3 Å². The van der Waals surface area contributed by atoms with Gasteiger partial charge in [0.1, 0.15) is 0 Å². The predicted molar refractivity (Wildman–Crippen MR) is 44.8 cm³/mol. The molecule has 4 nitrogen and oxygen atoms in total. The van der Waals surface area contributed by atoms with Crippen LogP contribution in [0, 0.1) is 5.92 Å². The van der Waals surface area contributed by atoms with E-state index in [1.54, 1.807) is 0 Å². The molecule has 1 unspecified atom stereocenters. The maximum Gasteiger partial charge on any atom is 0.0914 e. The third-order valence-corrected chi connectivity index (χ3v) is 3.12. The van der Waals surface area contributed by atoms with E-state index in [2.05, 4.69) is 0 Å². The fourth-order valence-electron chi connectivity index (χ4n) is 1.88. The number of ether oxygens (including phenoxy) is 2. The van der Waals surface area contributed by atoms with Crippen molar-refractivity contribution in [2.75, 3.05) is 19.0 Å². The van der Waals surface area contributed by atoms with Gasteiger partial charge in [0.15, 0.2) is 0 Å². The van der Waals surface area contributed by atoms with Gasteiger partial charge in [-0.1, -0.05) is 0 Å². The molecular weight excluding hydrogens is 178 g/mol. The molecule has 0 bridgehead atoms. The summed E-state index contributed by atoms with van der Waals surface area (Å²) >= 11 is 0. The summed E-state index contributed by atoms with van der Waals surface area (Å²) in [5.41, 5.74) is 0. The van der Waals surface area contributed by atoms with Crippen LogP contribution < -0.4 is 5.14 Å². The summed E-state index contributed by atoms with van der Waals surface area (Å²) in [4.78, 5) is 0. The smallest absolute Gasteiger partial charge is 0.0914 e. The van der Waals surface area contributed by atoms with Crippen LogP contribution in [0.2, 0.25) is 0 Å². The highest BCUT2D eigenvalue weighted by molar-refractivity contribution is 7.82. The second kappa shape index (κ2) is 3.41. The summed E-state index contributed by atoms with van der Waals surface area (Å²) in [6, 6.07) is 0. The Labute approximate surface area is 74.0 Å². The molecule has 2 aliphatic heterocycles. The zero-order chi connectivity index (χ0) is 8.55. The first kappa shape index (κ1) is 8.62. The minimum atomic E-state index is -1.23. The van der Waals surface area contributed by atoms with E-state index in [9.17, 15) is 4.21 Å². The maximum absolute atomic E-state index is 10.7. The Morgan fingerprint density at radius 2 is 2.33 bits per heavy atom. The van der Waals surface area contributed by atoms with Crippen LogP contribution in [0.15, 0.2) is 0 Å². The highest BCUT2D eigenvalue weighted by Gasteiger charge is 2.39. The van der Waals surface area contributed by atoms with Gasteiger partial charge in [0, 0.05) is 5.92 Å². The first-order valence-corrected chi connectivity index (χ1v) is 5.50. The maximum atomic E-state index is 10.7. The molecule has 0 amide bonds. The van der Waals surface area contributed by atoms with Crippen LogP contribution in [0.1, 0.15) is 6.42 Å². The van der Waals surface area contributed by atoms with Gasteiger partial charge < -0.3 is 9.47 Å². The number of fused-ring (bicyclic) bond motifs is 1. The van der Waals surface area contributed by atoms with Crippen molar-refractivity contribution in [2.24, 2.45) is 11.1 Å². The molecule has 4 atom stereocenters. The largest absolute Gasteiger partial charge is 0.378 e. The predicted octanol–water partition coefficient (Wildman–Crippen LogP) is -0.587. The summed E-state index contributed by atoms with van der Waals surface area (Å²) in [6.45, 7) is 1.48. The van der Waals surface area contributed by atoms with Crippen LogP contribution >= 0.6 is 0 Å². The molecule has 0 saturated carbocycles. The monoisotopic (exact) mass is 191 g/mol. The lowest BCUT2D eigenvalue weighted by molar-refractivity contribution is 0.0303. The lowest BCUT2D eigenvalue weighted by atomic mass is 10.0. The Morgan fingerprint density at radius 1 is 1.50 bits per heavy atom.